The van der Waals surface area contributed by atoms with E-state index in [4.69, 9.17) is 9.47 Å². The predicted molar refractivity (Wildman–Crippen MR) is 69.2 cm³/mol. The van der Waals surface area contributed by atoms with Gasteiger partial charge in [0.25, 0.3) is 0 Å². The van der Waals surface area contributed by atoms with E-state index in [0.29, 0.717) is 13.2 Å². The number of ether oxygens (including phenoxy) is 2. The highest BCUT2D eigenvalue weighted by atomic mass is 16.5. The summed E-state index contributed by atoms with van der Waals surface area (Å²) in [5.41, 5.74) is 2.28. The van der Waals surface area contributed by atoms with E-state index < -0.39 is 0 Å². The van der Waals surface area contributed by atoms with Gasteiger partial charge in [-0.05, 0) is 11.6 Å². The van der Waals surface area contributed by atoms with Gasteiger partial charge < -0.3 is 9.47 Å². The van der Waals surface area contributed by atoms with Crippen LogP contribution in [0.3, 0.4) is 0 Å². The lowest BCUT2D eigenvalue weighted by Gasteiger charge is -2.11. The Morgan fingerprint density at radius 1 is 0.824 bits per heavy atom. The van der Waals surface area contributed by atoms with Crippen molar-refractivity contribution in [1.82, 2.24) is 0 Å². The van der Waals surface area contributed by atoms with Crippen LogP contribution in [0, 0.1) is 0 Å². The van der Waals surface area contributed by atoms with Gasteiger partial charge in [0, 0.05) is 12.7 Å². The molecule has 0 unspecified atom stereocenters. The summed E-state index contributed by atoms with van der Waals surface area (Å²) in [6.07, 6.45) is 0. The van der Waals surface area contributed by atoms with Crippen LogP contribution in [0.5, 0.6) is 5.75 Å². The van der Waals surface area contributed by atoms with Crippen molar-refractivity contribution in [3.05, 3.63) is 54.6 Å². The van der Waals surface area contributed by atoms with Crippen LogP contribution in [0.1, 0.15) is 0 Å². The highest BCUT2D eigenvalue weighted by Gasteiger charge is 2.04. The molecule has 0 spiro atoms. The van der Waals surface area contributed by atoms with E-state index in [9.17, 15) is 0 Å². The highest BCUT2D eigenvalue weighted by Crippen LogP contribution is 2.29. The van der Waals surface area contributed by atoms with Gasteiger partial charge in [0.2, 0.25) is 0 Å². The summed E-state index contributed by atoms with van der Waals surface area (Å²) in [6.45, 7) is 1.17. The van der Waals surface area contributed by atoms with Gasteiger partial charge in [-0.15, -0.1) is 0 Å². The zero-order chi connectivity index (χ0) is 11.9. The van der Waals surface area contributed by atoms with Crippen LogP contribution in [0.2, 0.25) is 0 Å². The van der Waals surface area contributed by atoms with Crippen molar-refractivity contribution < 1.29 is 9.47 Å². The molecular formula is C15H16O2. The van der Waals surface area contributed by atoms with Crippen molar-refractivity contribution in [1.29, 1.82) is 0 Å². The van der Waals surface area contributed by atoms with Gasteiger partial charge in [-0.25, -0.2) is 0 Å². The highest BCUT2D eigenvalue weighted by molar-refractivity contribution is 5.70. The third kappa shape index (κ3) is 3.08. The summed E-state index contributed by atoms with van der Waals surface area (Å²) in [6, 6.07) is 18.3. The number of methoxy groups -OCH3 is 1. The molecule has 0 N–H and O–H groups in total. The first-order chi connectivity index (χ1) is 8.42. The lowest BCUT2D eigenvalue weighted by Crippen LogP contribution is -2.04. The van der Waals surface area contributed by atoms with E-state index in [2.05, 4.69) is 18.2 Å². The van der Waals surface area contributed by atoms with Crippen molar-refractivity contribution in [3.63, 3.8) is 0 Å². The molecule has 2 aromatic carbocycles. The summed E-state index contributed by atoms with van der Waals surface area (Å²) in [5, 5.41) is 0. The number of hydrogen-bond donors (Lipinski definition) is 0. The number of para-hydroxylation sites is 1. The second-order valence-electron chi connectivity index (χ2n) is 3.70. The molecule has 0 fully saturated rings. The molecule has 2 rings (SSSR count). The fourth-order valence-electron chi connectivity index (χ4n) is 1.68. The average Bonchev–Trinajstić information content (AvgIpc) is 2.41. The molecule has 0 aromatic heterocycles. The maximum Gasteiger partial charge on any atom is 0.127 e. The van der Waals surface area contributed by atoms with E-state index >= 15 is 0 Å². The molecule has 0 aliphatic rings. The fraction of sp³-hybridized carbons (Fsp3) is 0.200. The Kier molecular flexibility index (Phi) is 4.17. The Morgan fingerprint density at radius 3 is 2.29 bits per heavy atom. The Labute approximate surface area is 102 Å². The van der Waals surface area contributed by atoms with E-state index in [1.807, 2.05) is 36.4 Å². The standard InChI is InChI=1S/C15H16O2/c1-16-11-12-17-15-10-6-5-9-14(15)13-7-3-2-4-8-13/h2-10H,11-12H2,1H3. The zero-order valence-corrected chi connectivity index (χ0v) is 9.93. The molecule has 88 valence electrons. The summed E-state index contributed by atoms with van der Waals surface area (Å²) in [5.74, 6) is 0.899. The van der Waals surface area contributed by atoms with Crippen LogP contribution in [0.15, 0.2) is 54.6 Å². The molecule has 0 saturated carbocycles. The van der Waals surface area contributed by atoms with E-state index in [0.717, 1.165) is 11.3 Å². The second kappa shape index (κ2) is 6.06. The largest absolute Gasteiger partial charge is 0.491 e. The Bertz CT molecular complexity index is 451. The lowest BCUT2D eigenvalue weighted by atomic mass is 10.1. The van der Waals surface area contributed by atoms with Crippen molar-refractivity contribution in [2.24, 2.45) is 0 Å². The molecule has 0 aliphatic heterocycles. The SMILES string of the molecule is COCCOc1ccccc1-c1ccccc1. The molecule has 0 bridgehead atoms. The normalized spacial score (nSPS) is 10.2. The minimum Gasteiger partial charge on any atom is -0.491 e. The Hall–Kier alpha value is -1.80. The van der Waals surface area contributed by atoms with Gasteiger partial charge in [-0.2, -0.15) is 0 Å². The topological polar surface area (TPSA) is 18.5 Å². The minimum atomic E-state index is 0.570. The Morgan fingerprint density at radius 2 is 1.53 bits per heavy atom. The van der Waals surface area contributed by atoms with Crippen LogP contribution in [0.4, 0.5) is 0 Å². The van der Waals surface area contributed by atoms with Gasteiger partial charge in [-0.1, -0.05) is 48.5 Å². The molecule has 2 heteroatoms. The first-order valence-corrected chi connectivity index (χ1v) is 5.68. The average molecular weight is 228 g/mol. The molecule has 0 aliphatic carbocycles. The quantitative estimate of drug-likeness (QED) is 0.730. The van der Waals surface area contributed by atoms with Crippen LogP contribution in [-0.2, 0) is 4.74 Å². The summed E-state index contributed by atoms with van der Waals surface area (Å²) in [4.78, 5) is 0. The summed E-state index contributed by atoms with van der Waals surface area (Å²) < 4.78 is 10.7. The van der Waals surface area contributed by atoms with E-state index in [1.165, 1.54) is 5.56 Å². The maximum absolute atomic E-state index is 5.71. The van der Waals surface area contributed by atoms with Gasteiger partial charge in [0.05, 0.1) is 6.61 Å². The predicted octanol–water partition coefficient (Wildman–Crippen LogP) is 3.38. The van der Waals surface area contributed by atoms with Crippen molar-refractivity contribution in [2.45, 2.75) is 0 Å². The van der Waals surface area contributed by atoms with Gasteiger partial charge >= 0.3 is 0 Å². The molecule has 0 amide bonds. The maximum atomic E-state index is 5.71. The summed E-state index contributed by atoms with van der Waals surface area (Å²) >= 11 is 0. The number of benzene rings is 2. The molecule has 17 heavy (non-hydrogen) atoms. The Balaban J connectivity index is 2.22. The van der Waals surface area contributed by atoms with Crippen molar-refractivity contribution in [3.8, 4) is 16.9 Å². The van der Waals surface area contributed by atoms with Crippen LogP contribution in [-0.4, -0.2) is 20.3 Å². The van der Waals surface area contributed by atoms with Crippen molar-refractivity contribution in [2.75, 3.05) is 20.3 Å². The number of hydrogen-bond acceptors (Lipinski definition) is 2. The first kappa shape index (κ1) is 11.7. The smallest absolute Gasteiger partial charge is 0.127 e. The van der Waals surface area contributed by atoms with Crippen LogP contribution < -0.4 is 4.74 Å². The minimum absolute atomic E-state index is 0.570. The van der Waals surface area contributed by atoms with Crippen molar-refractivity contribution >= 4 is 0 Å². The number of rotatable bonds is 5. The monoisotopic (exact) mass is 228 g/mol. The lowest BCUT2D eigenvalue weighted by molar-refractivity contribution is 0.146. The van der Waals surface area contributed by atoms with E-state index in [1.54, 1.807) is 7.11 Å². The first-order valence-electron chi connectivity index (χ1n) is 5.68. The van der Waals surface area contributed by atoms with E-state index in [-0.39, 0.29) is 0 Å². The third-order valence-corrected chi connectivity index (χ3v) is 2.52. The fourth-order valence-corrected chi connectivity index (χ4v) is 1.68. The third-order valence-electron chi connectivity index (χ3n) is 2.52. The molecule has 0 radical (unpaired) electrons. The van der Waals surface area contributed by atoms with Crippen LogP contribution >= 0.6 is 0 Å². The van der Waals surface area contributed by atoms with Gasteiger partial charge in [0.1, 0.15) is 12.4 Å². The molecule has 0 heterocycles. The van der Waals surface area contributed by atoms with Crippen LogP contribution in [0.25, 0.3) is 11.1 Å². The van der Waals surface area contributed by atoms with Gasteiger partial charge in [0.15, 0.2) is 0 Å². The zero-order valence-electron chi connectivity index (χ0n) is 9.93. The molecule has 2 nitrogen and oxygen atoms in total. The summed E-state index contributed by atoms with van der Waals surface area (Å²) in [7, 11) is 1.67. The molecular weight excluding hydrogens is 212 g/mol. The molecule has 0 saturated heterocycles. The molecule has 0 atom stereocenters. The second-order valence-corrected chi connectivity index (χ2v) is 3.70. The van der Waals surface area contributed by atoms with Gasteiger partial charge in [-0.3, -0.25) is 0 Å². The molecule has 2 aromatic rings.